The van der Waals surface area contributed by atoms with Crippen LogP contribution in [0.25, 0.3) is 0 Å². The van der Waals surface area contributed by atoms with Gasteiger partial charge < -0.3 is 5.11 Å². The second kappa shape index (κ2) is 4.57. The number of hydrogen-bond acceptors (Lipinski definition) is 3. The second-order valence-electron chi connectivity index (χ2n) is 4.11. The molecule has 15 heavy (non-hydrogen) atoms. The van der Waals surface area contributed by atoms with E-state index in [1.807, 2.05) is 0 Å². The molecule has 0 radical (unpaired) electrons. The van der Waals surface area contributed by atoms with E-state index in [1.165, 1.54) is 18.4 Å². The predicted molar refractivity (Wildman–Crippen MR) is 57.1 cm³/mol. The first-order valence-corrected chi connectivity index (χ1v) is 5.48. The van der Waals surface area contributed by atoms with E-state index in [-0.39, 0.29) is 0 Å². The zero-order chi connectivity index (χ0) is 10.7. The molecule has 0 amide bonds. The quantitative estimate of drug-likeness (QED) is 0.768. The lowest BCUT2D eigenvalue weighted by molar-refractivity contribution is 0.166. The van der Waals surface area contributed by atoms with Gasteiger partial charge in [0.2, 0.25) is 0 Å². The molecule has 0 aliphatic heterocycles. The van der Waals surface area contributed by atoms with Gasteiger partial charge in [0.15, 0.2) is 0 Å². The summed E-state index contributed by atoms with van der Waals surface area (Å²) in [6.45, 7) is 0. The van der Waals surface area contributed by atoms with Gasteiger partial charge in [-0.05, 0) is 25.7 Å². The Labute approximate surface area is 89.6 Å². The Balaban J connectivity index is 2.00. The number of aliphatic hydroxyl groups excluding tert-OH is 1. The summed E-state index contributed by atoms with van der Waals surface area (Å²) in [6, 6.07) is 0. The minimum Gasteiger partial charge on any atom is -0.386 e. The van der Waals surface area contributed by atoms with Crippen molar-refractivity contribution in [3.05, 3.63) is 23.5 Å². The average Bonchev–Trinajstić information content (AvgIpc) is 2.66. The van der Waals surface area contributed by atoms with E-state index in [2.05, 4.69) is 16.4 Å². The highest BCUT2D eigenvalue weighted by Crippen LogP contribution is 2.26. The zero-order valence-electron chi connectivity index (χ0n) is 9.06. The number of rotatable bonds is 3. The van der Waals surface area contributed by atoms with Crippen LogP contribution in [0.1, 0.15) is 43.9 Å². The Kier molecular flexibility index (Phi) is 3.16. The first-order chi connectivity index (χ1) is 7.27. The summed E-state index contributed by atoms with van der Waals surface area (Å²) >= 11 is 0. The molecule has 82 valence electrons. The first-order valence-electron chi connectivity index (χ1n) is 5.48. The summed E-state index contributed by atoms with van der Waals surface area (Å²) in [5.41, 5.74) is 2.16. The summed E-state index contributed by atoms with van der Waals surface area (Å²) in [6.07, 6.45) is 8.98. The highest BCUT2D eigenvalue weighted by molar-refractivity contribution is 5.10. The normalized spacial score (nSPS) is 18.7. The van der Waals surface area contributed by atoms with E-state index in [4.69, 9.17) is 0 Å². The Morgan fingerprint density at radius 2 is 2.40 bits per heavy atom. The molecule has 1 aliphatic rings. The fraction of sp³-hybridized carbons (Fsp3) is 0.636. The number of allylic oxidation sites excluding steroid dienone is 1. The minimum atomic E-state index is -0.464. The fourth-order valence-electron chi connectivity index (χ4n) is 2.04. The molecular formula is C11H17N3O. The summed E-state index contributed by atoms with van der Waals surface area (Å²) < 4.78 is 1.63. The fourth-order valence-corrected chi connectivity index (χ4v) is 2.04. The van der Waals surface area contributed by atoms with Crippen LogP contribution in [0.5, 0.6) is 0 Å². The highest BCUT2D eigenvalue weighted by Gasteiger charge is 2.15. The molecule has 0 bridgehead atoms. The molecule has 1 aliphatic carbocycles. The van der Waals surface area contributed by atoms with Crippen LogP contribution in [0.3, 0.4) is 0 Å². The Morgan fingerprint density at radius 1 is 1.53 bits per heavy atom. The average molecular weight is 207 g/mol. The maximum absolute atomic E-state index is 10.0. The molecule has 2 rings (SSSR count). The van der Waals surface area contributed by atoms with E-state index < -0.39 is 6.10 Å². The molecule has 1 N–H and O–H groups in total. The SMILES string of the molecule is Cn1nncc1C(O)CC1=CCCCC1. The number of aliphatic hydroxyl groups is 1. The molecule has 0 saturated heterocycles. The van der Waals surface area contributed by atoms with Gasteiger partial charge in [-0.3, -0.25) is 0 Å². The van der Waals surface area contributed by atoms with Gasteiger partial charge in [-0.1, -0.05) is 16.9 Å². The molecule has 4 nitrogen and oxygen atoms in total. The van der Waals surface area contributed by atoms with Gasteiger partial charge in [-0.2, -0.15) is 0 Å². The molecule has 1 atom stereocenters. The van der Waals surface area contributed by atoms with Crippen molar-refractivity contribution in [3.8, 4) is 0 Å². The number of nitrogens with zero attached hydrogens (tertiary/aromatic N) is 3. The zero-order valence-corrected chi connectivity index (χ0v) is 9.06. The van der Waals surface area contributed by atoms with E-state index in [9.17, 15) is 5.11 Å². The summed E-state index contributed by atoms with van der Waals surface area (Å²) in [4.78, 5) is 0. The summed E-state index contributed by atoms with van der Waals surface area (Å²) in [5.74, 6) is 0. The largest absolute Gasteiger partial charge is 0.386 e. The third-order valence-electron chi connectivity index (χ3n) is 2.93. The van der Waals surface area contributed by atoms with Crippen LogP contribution < -0.4 is 0 Å². The molecule has 1 aromatic rings. The van der Waals surface area contributed by atoms with Gasteiger partial charge in [-0.15, -0.1) is 5.10 Å². The smallest absolute Gasteiger partial charge is 0.101 e. The van der Waals surface area contributed by atoms with Crippen molar-refractivity contribution in [1.29, 1.82) is 0 Å². The van der Waals surface area contributed by atoms with Crippen LogP contribution in [-0.2, 0) is 7.05 Å². The number of hydrogen-bond donors (Lipinski definition) is 1. The van der Waals surface area contributed by atoms with Gasteiger partial charge in [0.05, 0.1) is 11.9 Å². The second-order valence-corrected chi connectivity index (χ2v) is 4.11. The molecule has 1 unspecified atom stereocenters. The highest BCUT2D eigenvalue weighted by atomic mass is 16.3. The van der Waals surface area contributed by atoms with Gasteiger partial charge >= 0.3 is 0 Å². The lowest BCUT2D eigenvalue weighted by atomic mass is 9.94. The lowest BCUT2D eigenvalue weighted by Crippen LogP contribution is -2.07. The Bertz CT molecular complexity index is 356. The molecule has 4 heteroatoms. The van der Waals surface area contributed by atoms with E-state index in [0.717, 1.165) is 25.0 Å². The molecule has 0 saturated carbocycles. The molecule has 1 aromatic heterocycles. The van der Waals surface area contributed by atoms with Crippen molar-refractivity contribution in [2.75, 3.05) is 0 Å². The van der Waals surface area contributed by atoms with Crippen molar-refractivity contribution < 1.29 is 5.11 Å². The van der Waals surface area contributed by atoms with E-state index in [0.29, 0.717) is 0 Å². The van der Waals surface area contributed by atoms with Crippen LogP contribution >= 0.6 is 0 Å². The van der Waals surface area contributed by atoms with Gasteiger partial charge in [0, 0.05) is 13.5 Å². The van der Waals surface area contributed by atoms with Gasteiger partial charge in [0.25, 0.3) is 0 Å². The molecule has 0 aromatic carbocycles. The monoisotopic (exact) mass is 207 g/mol. The van der Waals surface area contributed by atoms with Gasteiger partial charge in [-0.25, -0.2) is 4.68 Å². The van der Waals surface area contributed by atoms with Crippen LogP contribution in [0.2, 0.25) is 0 Å². The Morgan fingerprint density at radius 3 is 3.00 bits per heavy atom. The molecule has 0 spiro atoms. The number of aromatic nitrogens is 3. The van der Waals surface area contributed by atoms with Crippen molar-refractivity contribution in [3.63, 3.8) is 0 Å². The predicted octanol–water partition coefficient (Wildman–Crippen LogP) is 1.74. The summed E-state index contributed by atoms with van der Waals surface area (Å²) in [5, 5.41) is 17.6. The third kappa shape index (κ3) is 2.45. The topological polar surface area (TPSA) is 50.9 Å². The number of aryl methyl sites for hydroxylation is 1. The molecule has 0 fully saturated rings. The van der Waals surface area contributed by atoms with Crippen LogP contribution in [0, 0.1) is 0 Å². The summed E-state index contributed by atoms with van der Waals surface area (Å²) in [7, 11) is 1.81. The molecular weight excluding hydrogens is 190 g/mol. The third-order valence-corrected chi connectivity index (χ3v) is 2.93. The Hall–Kier alpha value is -1.16. The maximum Gasteiger partial charge on any atom is 0.101 e. The maximum atomic E-state index is 10.0. The molecule has 1 heterocycles. The van der Waals surface area contributed by atoms with E-state index >= 15 is 0 Å². The van der Waals surface area contributed by atoms with Crippen LogP contribution in [0.15, 0.2) is 17.8 Å². The van der Waals surface area contributed by atoms with Gasteiger partial charge in [0.1, 0.15) is 6.10 Å². The van der Waals surface area contributed by atoms with Crippen molar-refractivity contribution in [1.82, 2.24) is 15.0 Å². The standard InChI is InChI=1S/C11H17N3O/c1-14-10(8-12-13-14)11(15)7-9-5-3-2-4-6-9/h5,8,11,15H,2-4,6-7H2,1H3. The van der Waals surface area contributed by atoms with Crippen LogP contribution in [-0.4, -0.2) is 20.1 Å². The minimum absolute atomic E-state index is 0.464. The van der Waals surface area contributed by atoms with Crippen molar-refractivity contribution in [2.45, 2.75) is 38.2 Å². The lowest BCUT2D eigenvalue weighted by Gasteiger charge is -2.16. The van der Waals surface area contributed by atoms with Crippen LogP contribution in [0.4, 0.5) is 0 Å². The van der Waals surface area contributed by atoms with Crippen molar-refractivity contribution >= 4 is 0 Å². The first kappa shape index (κ1) is 10.4. The van der Waals surface area contributed by atoms with Crippen molar-refractivity contribution in [2.24, 2.45) is 7.05 Å². The van der Waals surface area contributed by atoms with E-state index in [1.54, 1.807) is 17.9 Å².